The lowest BCUT2D eigenvalue weighted by Crippen LogP contribution is -2.29. The molecule has 0 amide bonds. The van der Waals surface area contributed by atoms with E-state index in [1.165, 1.54) is 6.26 Å². The molecule has 0 bridgehead atoms. The van der Waals surface area contributed by atoms with Crippen LogP contribution in [0.5, 0.6) is 17.2 Å². The van der Waals surface area contributed by atoms with Crippen LogP contribution >= 0.6 is 0 Å². The van der Waals surface area contributed by atoms with E-state index in [0.29, 0.717) is 18.5 Å². The first-order valence-corrected chi connectivity index (χ1v) is 9.46. The molecule has 0 saturated heterocycles. The number of carbonyl (C=O) groups is 1. The van der Waals surface area contributed by atoms with Gasteiger partial charge in [0.25, 0.3) is 0 Å². The zero-order valence-corrected chi connectivity index (χ0v) is 16.5. The van der Waals surface area contributed by atoms with Gasteiger partial charge in [-0.15, -0.1) is 0 Å². The smallest absolute Gasteiger partial charge is 0.200 e. The number of aromatic hydroxyl groups is 3. The van der Waals surface area contributed by atoms with Crippen LogP contribution in [0.2, 0.25) is 0 Å². The van der Waals surface area contributed by atoms with Crippen LogP contribution in [0.15, 0.2) is 48.2 Å². The minimum absolute atomic E-state index is 0.0524. The van der Waals surface area contributed by atoms with Crippen LogP contribution in [0.1, 0.15) is 35.1 Å². The summed E-state index contributed by atoms with van der Waals surface area (Å²) < 4.78 is 5.82. The van der Waals surface area contributed by atoms with Gasteiger partial charge in [-0.3, -0.25) is 9.78 Å². The average Bonchev–Trinajstić information content (AvgIpc) is 2.71. The fraction of sp³-hybridized carbons (Fsp3) is 0.273. The molecule has 0 spiro atoms. The number of phenols is 3. The van der Waals surface area contributed by atoms with Crippen molar-refractivity contribution < 1.29 is 30.0 Å². The number of nitrogens with zero attached hydrogens (tertiary/aromatic N) is 2. The van der Waals surface area contributed by atoms with Crippen LogP contribution < -0.4 is 0 Å². The van der Waals surface area contributed by atoms with Gasteiger partial charge in [-0.1, -0.05) is 0 Å². The van der Waals surface area contributed by atoms with E-state index in [9.17, 15) is 25.2 Å². The molecule has 0 radical (unpaired) electrons. The number of aromatic nitrogens is 1. The number of benzene rings is 1. The van der Waals surface area contributed by atoms with E-state index in [0.717, 1.165) is 17.7 Å². The van der Waals surface area contributed by atoms with Gasteiger partial charge in [0.2, 0.25) is 0 Å². The third kappa shape index (κ3) is 3.15. The maximum absolute atomic E-state index is 13.3. The second kappa shape index (κ2) is 7.38. The number of fused-ring (bicyclic) bond motifs is 3. The fourth-order valence-corrected chi connectivity index (χ4v) is 3.93. The van der Waals surface area contributed by atoms with Crippen molar-refractivity contribution in [3.05, 3.63) is 64.9 Å². The molecular weight excluding hydrogens is 388 g/mol. The normalized spacial score (nSPS) is 20.5. The molecule has 2 unspecified atom stereocenters. The van der Waals surface area contributed by atoms with Crippen molar-refractivity contribution in [1.29, 1.82) is 0 Å². The quantitative estimate of drug-likeness (QED) is 0.568. The minimum Gasteiger partial charge on any atom is -0.511 e. The highest BCUT2D eigenvalue weighted by molar-refractivity contribution is 6.30. The Hall–Kier alpha value is -3.52. The Kier molecular flexibility index (Phi) is 4.87. The number of Topliss-reactive ketones (excluding diaryl/α,β-unsaturated/α-hetero) is 1. The lowest BCUT2D eigenvalue weighted by atomic mass is 9.76. The molecule has 0 fully saturated rings. The summed E-state index contributed by atoms with van der Waals surface area (Å²) in [4.78, 5) is 19.5. The molecule has 8 nitrogen and oxygen atoms in total. The molecule has 2 aromatic rings. The molecule has 2 heterocycles. The van der Waals surface area contributed by atoms with Crippen LogP contribution in [0, 0.1) is 0 Å². The van der Waals surface area contributed by atoms with E-state index < -0.39 is 29.1 Å². The molecule has 2 aliphatic rings. The topological polar surface area (TPSA) is 123 Å². The van der Waals surface area contributed by atoms with Gasteiger partial charge >= 0.3 is 0 Å². The summed E-state index contributed by atoms with van der Waals surface area (Å²) in [5.41, 5.74) is 1.91. The molecule has 1 aliphatic heterocycles. The van der Waals surface area contributed by atoms with Crippen molar-refractivity contribution in [2.24, 2.45) is 0 Å². The summed E-state index contributed by atoms with van der Waals surface area (Å²) in [6.07, 6.45) is 4.33. The van der Waals surface area contributed by atoms with Crippen molar-refractivity contribution in [3.8, 4) is 17.2 Å². The monoisotopic (exact) mass is 410 g/mol. The number of carbonyl (C=O) groups excluding carboxylic acids is 1. The Balaban J connectivity index is 1.81. The van der Waals surface area contributed by atoms with Gasteiger partial charge in [-0.05, 0) is 56.4 Å². The maximum Gasteiger partial charge on any atom is 0.200 e. The summed E-state index contributed by atoms with van der Waals surface area (Å²) in [7, 11) is 3.87. The molecule has 8 heteroatoms. The second-order valence-electron chi connectivity index (χ2n) is 7.69. The van der Waals surface area contributed by atoms with Crippen LogP contribution in [-0.4, -0.2) is 56.7 Å². The van der Waals surface area contributed by atoms with Gasteiger partial charge in [0.1, 0.15) is 5.76 Å². The molecule has 1 aromatic carbocycles. The first kappa shape index (κ1) is 19.8. The number of aliphatic hydroxyl groups excluding tert-OH is 1. The summed E-state index contributed by atoms with van der Waals surface area (Å²) in [5.74, 6) is -2.72. The van der Waals surface area contributed by atoms with E-state index in [1.54, 1.807) is 12.4 Å². The summed E-state index contributed by atoms with van der Waals surface area (Å²) >= 11 is 0. The zero-order chi connectivity index (χ0) is 21.6. The molecule has 156 valence electrons. The Morgan fingerprint density at radius 1 is 1.10 bits per heavy atom. The van der Waals surface area contributed by atoms with Crippen molar-refractivity contribution in [1.82, 2.24) is 9.88 Å². The molecular formula is C22H22N2O6. The Morgan fingerprint density at radius 3 is 2.47 bits per heavy atom. The van der Waals surface area contributed by atoms with Gasteiger partial charge in [-0.25, -0.2) is 0 Å². The Morgan fingerprint density at radius 2 is 1.80 bits per heavy atom. The van der Waals surface area contributed by atoms with E-state index in [2.05, 4.69) is 4.98 Å². The molecule has 30 heavy (non-hydrogen) atoms. The van der Waals surface area contributed by atoms with E-state index >= 15 is 0 Å². The molecule has 4 rings (SSSR count). The average molecular weight is 410 g/mol. The Bertz CT molecular complexity index is 1070. The number of aliphatic hydroxyl groups is 1. The molecule has 4 N–H and O–H groups in total. The van der Waals surface area contributed by atoms with Gasteiger partial charge in [0, 0.05) is 23.9 Å². The predicted octanol–water partition coefficient (Wildman–Crippen LogP) is 2.74. The minimum atomic E-state index is -0.792. The number of ketones is 1. The summed E-state index contributed by atoms with van der Waals surface area (Å²) in [6.45, 7) is 0.700. The van der Waals surface area contributed by atoms with Crippen molar-refractivity contribution in [3.63, 3.8) is 0 Å². The first-order valence-electron chi connectivity index (χ1n) is 9.46. The highest BCUT2D eigenvalue weighted by Gasteiger charge is 2.42. The maximum atomic E-state index is 13.3. The SMILES string of the molecule is CN(C)CCC1C(O)=C2C(=O)C(c3cc(O)c(O)c(O)c3)=COC2c2cnccc21. The number of rotatable bonds is 4. The molecule has 1 aromatic heterocycles. The Labute approximate surface area is 173 Å². The van der Waals surface area contributed by atoms with Crippen LogP contribution in [0.25, 0.3) is 5.57 Å². The predicted molar refractivity (Wildman–Crippen MR) is 108 cm³/mol. The largest absolute Gasteiger partial charge is 0.511 e. The van der Waals surface area contributed by atoms with Crippen molar-refractivity contribution >= 4 is 11.4 Å². The number of ether oxygens (including phenoxy) is 1. The third-order valence-corrected chi connectivity index (χ3v) is 5.47. The van der Waals surface area contributed by atoms with Crippen LogP contribution in [0.4, 0.5) is 0 Å². The number of hydrogen-bond acceptors (Lipinski definition) is 8. The number of pyridine rings is 1. The summed E-state index contributed by atoms with van der Waals surface area (Å²) in [6, 6.07) is 4.13. The van der Waals surface area contributed by atoms with Gasteiger partial charge in [0.15, 0.2) is 29.1 Å². The van der Waals surface area contributed by atoms with Gasteiger partial charge in [0.05, 0.1) is 17.4 Å². The number of phenolic OH excluding ortho intramolecular Hbond substituents is 3. The summed E-state index contributed by atoms with van der Waals surface area (Å²) in [5, 5.41) is 40.3. The molecule has 0 saturated carbocycles. The molecule has 1 aliphatic carbocycles. The first-order chi connectivity index (χ1) is 14.3. The lowest BCUT2D eigenvalue weighted by Gasteiger charge is -2.35. The van der Waals surface area contributed by atoms with E-state index in [4.69, 9.17) is 4.74 Å². The third-order valence-electron chi connectivity index (χ3n) is 5.47. The highest BCUT2D eigenvalue weighted by atomic mass is 16.5. The highest BCUT2D eigenvalue weighted by Crippen LogP contribution is 2.48. The number of allylic oxidation sites excluding steroid dienone is 2. The molecule has 2 atom stereocenters. The fourth-order valence-electron chi connectivity index (χ4n) is 3.93. The van der Waals surface area contributed by atoms with Gasteiger partial charge < -0.3 is 30.1 Å². The lowest BCUT2D eigenvalue weighted by molar-refractivity contribution is -0.112. The van der Waals surface area contributed by atoms with Crippen molar-refractivity contribution in [2.75, 3.05) is 20.6 Å². The standard InChI is InChI=1S/C22H22N2O6/c1-24(2)6-4-13-12-3-5-23-9-14(12)22-18(19(13)27)20(28)15(10-30-22)11-7-16(25)21(29)17(26)8-11/h3,5,7-10,13,22,25-27,29H,4,6H2,1-2H3. The van der Waals surface area contributed by atoms with Gasteiger partial charge in [-0.2, -0.15) is 0 Å². The second-order valence-corrected chi connectivity index (χ2v) is 7.69. The zero-order valence-electron chi connectivity index (χ0n) is 16.5. The van der Waals surface area contributed by atoms with E-state index in [-0.39, 0.29) is 28.4 Å². The number of hydrogen-bond donors (Lipinski definition) is 4. The van der Waals surface area contributed by atoms with Crippen LogP contribution in [0.3, 0.4) is 0 Å². The van der Waals surface area contributed by atoms with Crippen LogP contribution in [-0.2, 0) is 9.53 Å². The van der Waals surface area contributed by atoms with E-state index in [1.807, 2.05) is 25.1 Å². The van der Waals surface area contributed by atoms with Crippen molar-refractivity contribution in [2.45, 2.75) is 18.4 Å².